The number of carbonyl (C=O) groups excluding carboxylic acids is 1. The lowest BCUT2D eigenvalue weighted by molar-refractivity contribution is 0.0930. The molecule has 0 aromatic carbocycles. The number of anilines is 1. The molecule has 1 fully saturated rings. The second-order valence-electron chi connectivity index (χ2n) is 5.63. The summed E-state index contributed by atoms with van der Waals surface area (Å²) in [5.74, 6) is 0.939. The van der Waals surface area contributed by atoms with Crippen molar-refractivity contribution in [1.29, 1.82) is 0 Å². The molecule has 124 valence electrons. The molecule has 0 aliphatic carbocycles. The Bertz CT molecular complexity index is 660. The summed E-state index contributed by atoms with van der Waals surface area (Å²) in [6.45, 7) is 2.15. The van der Waals surface area contributed by atoms with Gasteiger partial charge in [-0.3, -0.25) is 4.79 Å². The quantitative estimate of drug-likeness (QED) is 0.895. The minimum atomic E-state index is -0.0463. The zero-order valence-electron chi connectivity index (χ0n) is 13.4. The first kappa shape index (κ1) is 15.9. The Morgan fingerprint density at radius 1 is 1.43 bits per heavy atom. The number of aryl methyl sites for hydroxylation is 1. The number of nitrogens with zero attached hydrogens (tertiary/aromatic N) is 4. The molecule has 8 heteroatoms. The van der Waals surface area contributed by atoms with Gasteiger partial charge in [-0.25, -0.2) is 9.97 Å². The highest BCUT2D eigenvalue weighted by molar-refractivity contribution is 7.11. The molecule has 1 saturated heterocycles. The van der Waals surface area contributed by atoms with Gasteiger partial charge in [0, 0.05) is 45.7 Å². The molecule has 2 aromatic heterocycles. The molecule has 0 bridgehead atoms. The minimum absolute atomic E-state index is 0.0463. The fraction of sp³-hybridized carbons (Fsp3) is 0.533. The molecule has 0 unspecified atom stereocenters. The summed E-state index contributed by atoms with van der Waals surface area (Å²) in [6, 6.07) is 0.191. The predicted molar refractivity (Wildman–Crippen MR) is 88.7 cm³/mol. The van der Waals surface area contributed by atoms with E-state index in [1.807, 2.05) is 24.0 Å². The molecular weight excluding hydrogens is 314 g/mol. The van der Waals surface area contributed by atoms with Crippen molar-refractivity contribution in [3.05, 3.63) is 28.5 Å². The van der Waals surface area contributed by atoms with Gasteiger partial charge in [0.15, 0.2) is 0 Å². The van der Waals surface area contributed by atoms with Gasteiger partial charge in [0.05, 0.1) is 17.8 Å². The van der Waals surface area contributed by atoms with Crippen molar-refractivity contribution in [1.82, 2.24) is 19.9 Å². The lowest BCUT2D eigenvalue weighted by Gasteiger charge is -2.32. The maximum absolute atomic E-state index is 12.4. The van der Waals surface area contributed by atoms with Crippen LogP contribution in [-0.4, -0.2) is 46.7 Å². The molecule has 0 spiro atoms. The van der Waals surface area contributed by atoms with Crippen LogP contribution in [0, 0.1) is 0 Å². The van der Waals surface area contributed by atoms with Crippen molar-refractivity contribution in [2.75, 3.05) is 25.1 Å². The molecule has 0 saturated carbocycles. The van der Waals surface area contributed by atoms with Crippen LogP contribution in [0.4, 0.5) is 5.95 Å². The van der Waals surface area contributed by atoms with Gasteiger partial charge in [0.2, 0.25) is 5.95 Å². The molecule has 1 aliphatic heterocycles. The molecular formula is C15H21N5O2S. The number of hydrogen-bond acceptors (Lipinski definition) is 6. The number of amides is 1. The first-order valence-corrected chi connectivity index (χ1v) is 8.51. The van der Waals surface area contributed by atoms with Crippen LogP contribution in [0.1, 0.15) is 28.2 Å². The first-order chi connectivity index (χ1) is 11.2. The van der Waals surface area contributed by atoms with Crippen LogP contribution in [-0.2, 0) is 18.4 Å². The molecule has 2 aromatic rings. The monoisotopic (exact) mass is 335 g/mol. The van der Waals surface area contributed by atoms with Crippen LogP contribution in [0.3, 0.4) is 0 Å². The van der Waals surface area contributed by atoms with E-state index in [9.17, 15) is 4.79 Å². The SMILES string of the molecule is COCc1ncsc1C(=O)NC1CCN(c2nccn2C)CC1. The number of ether oxygens (including phenoxy) is 1. The molecule has 0 radical (unpaired) electrons. The van der Waals surface area contributed by atoms with E-state index in [0.717, 1.165) is 31.9 Å². The third kappa shape index (κ3) is 3.53. The zero-order valence-corrected chi connectivity index (χ0v) is 14.2. The number of rotatable bonds is 5. The van der Waals surface area contributed by atoms with Gasteiger partial charge >= 0.3 is 0 Å². The lowest BCUT2D eigenvalue weighted by atomic mass is 10.1. The van der Waals surface area contributed by atoms with Crippen LogP contribution in [0.15, 0.2) is 17.9 Å². The summed E-state index contributed by atoms with van der Waals surface area (Å²) in [5.41, 5.74) is 2.40. The van der Waals surface area contributed by atoms with E-state index < -0.39 is 0 Å². The van der Waals surface area contributed by atoms with E-state index in [1.165, 1.54) is 11.3 Å². The van der Waals surface area contributed by atoms with Crippen LogP contribution < -0.4 is 10.2 Å². The van der Waals surface area contributed by atoms with Gasteiger partial charge in [-0.2, -0.15) is 0 Å². The number of imidazole rings is 1. The van der Waals surface area contributed by atoms with Crippen molar-refractivity contribution in [3.63, 3.8) is 0 Å². The minimum Gasteiger partial charge on any atom is -0.378 e. The van der Waals surface area contributed by atoms with Crippen LogP contribution >= 0.6 is 11.3 Å². The highest BCUT2D eigenvalue weighted by Gasteiger charge is 2.24. The van der Waals surface area contributed by atoms with E-state index in [-0.39, 0.29) is 11.9 Å². The third-order valence-corrected chi connectivity index (χ3v) is 4.90. The predicted octanol–water partition coefficient (Wildman–Crippen LogP) is 1.42. The normalized spacial score (nSPS) is 15.8. The van der Waals surface area contributed by atoms with Crippen molar-refractivity contribution >= 4 is 23.2 Å². The van der Waals surface area contributed by atoms with E-state index in [4.69, 9.17) is 4.74 Å². The van der Waals surface area contributed by atoms with Gasteiger partial charge in [-0.05, 0) is 12.8 Å². The molecule has 23 heavy (non-hydrogen) atoms. The molecule has 3 heterocycles. The number of nitrogens with one attached hydrogen (secondary N) is 1. The number of carbonyl (C=O) groups is 1. The molecule has 1 amide bonds. The number of thiazole rings is 1. The fourth-order valence-corrected chi connectivity index (χ4v) is 3.53. The van der Waals surface area contributed by atoms with E-state index in [0.29, 0.717) is 17.2 Å². The molecule has 3 rings (SSSR count). The zero-order chi connectivity index (χ0) is 16.2. The van der Waals surface area contributed by atoms with Gasteiger partial charge in [0.1, 0.15) is 4.88 Å². The van der Waals surface area contributed by atoms with Gasteiger partial charge in [0.25, 0.3) is 5.91 Å². The molecule has 7 nitrogen and oxygen atoms in total. The Kier molecular flexibility index (Phi) is 4.92. The van der Waals surface area contributed by atoms with Crippen LogP contribution in [0.25, 0.3) is 0 Å². The average Bonchev–Trinajstić information content (AvgIpc) is 3.17. The second kappa shape index (κ2) is 7.10. The maximum Gasteiger partial charge on any atom is 0.263 e. The van der Waals surface area contributed by atoms with Crippen LogP contribution in [0.2, 0.25) is 0 Å². The number of methoxy groups -OCH3 is 1. The largest absolute Gasteiger partial charge is 0.378 e. The van der Waals surface area contributed by atoms with Gasteiger partial charge in [-0.15, -0.1) is 11.3 Å². The summed E-state index contributed by atoms with van der Waals surface area (Å²) in [4.78, 5) is 23.9. The second-order valence-corrected chi connectivity index (χ2v) is 6.49. The Balaban J connectivity index is 1.55. The van der Waals surface area contributed by atoms with E-state index in [1.54, 1.807) is 12.6 Å². The van der Waals surface area contributed by atoms with Crippen molar-refractivity contribution in [2.24, 2.45) is 7.05 Å². The Labute approximate surface area is 139 Å². The molecule has 1 N–H and O–H groups in total. The number of hydrogen-bond donors (Lipinski definition) is 1. The van der Waals surface area contributed by atoms with E-state index in [2.05, 4.69) is 20.2 Å². The summed E-state index contributed by atoms with van der Waals surface area (Å²) >= 11 is 1.36. The Morgan fingerprint density at radius 2 is 2.22 bits per heavy atom. The topological polar surface area (TPSA) is 72.3 Å². The number of piperidine rings is 1. The smallest absolute Gasteiger partial charge is 0.263 e. The highest BCUT2D eigenvalue weighted by Crippen LogP contribution is 2.19. The molecule has 0 atom stereocenters. The fourth-order valence-electron chi connectivity index (χ4n) is 2.83. The lowest BCUT2D eigenvalue weighted by Crippen LogP contribution is -2.45. The summed E-state index contributed by atoms with van der Waals surface area (Å²) < 4.78 is 7.10. The summed E-state index contributed by atoms with van der Waals surface area (Å²) in [7, 11) is 3.60. The van der Waals surface area contributed by atoms with Crippen LogP contribution in [0.5, 0.6) is 0 Å². The highest BCUT2D eigenvalue weighted by atomic mass is 32.1. The summed E-state index contributed by atoms with van der Waals surface area (Å²) in [5, 5.41) is 3.12. The van der Waals surface area contributed by atoms with E-state index >= 15 is 0 Å². The number of aromatic nitrogens is 3. The Hall–Kier alpha value is -1.93. The standard InChI is InChI=1S/C15H21N5O2S/c1-19-8-5-16-15(19)20-6-3-11(4-7-20)18-14(21)13-12(9-22-2)17-10-23-13/h5,8,10-11H,3-4,6-7,9H2,1-2H3,(H,18,21). The average molecular weight is 335 g/mol. The summed E-state index contributed by atoms with van der Waals surface area (Å²) in [6.07, 6.45) is 5.59. The Morgan fingerprint density at radius 3 is 2.87 bits per heavy atom. The van der Waals surface area contributed by atoms with Gasteiger partial charge < -0.3 is 19.5 Å². The first-order valence-electron chi connectivity index (χ1n) is 7.63. The molecule has 1 aliphatic rings. The van der Waals surface area contributed by atoms with Crippen molar-refractivity contribution in [2.45, 2.75) is 25.5 Å². The van der Waals surface area contributed by atoms with Crippen molar-refractivity contribution in [3.8, 4) is 0 Å². The third-order valence-electron chi connectivity index (χ3n) is 4.04. The maximum atomic E-state index is 12.4. The van der Waals surface area contributed by atoms with Crippen molar-refractivity contribution < 1.29 is 9.53 Å². The van der Waals surface area contributed by atoms with Gasteiger partial charge in [-0.1, -0.05) is 0 Å².